The number of rotatable bonds is 5. The zero-order valence-electron chi connectivity index (χ0n) is 19.9. The summed E-state index contributed by atoms with van der Waals surface area (Å²) in [5, 5.41) is 9.18. The van der Waals surface area contributed by atoms with Crippen LogP contribution in [0.4, 0.5) is 0 Å². The number of hydrogen-bond acceptors (Lipinski definition) is 7. The number of aromatic nitrogens is 4. The molecule has 0 unspecified atom stereocenters. The highest BCUT2D eigenvalue weighted by atomic mass is 16.5. The molecule has 0 aliphatic carbocycles. The lowest BCUT2D eigenvalue weighted by Gasteiger charge is -2.34. The van der Waals surface area contributed by atoms with Gasteiger partial charge in [-0.1, -0.05) is 5.16 Å². The first-order valence-electron chi connectivity index (χ1n) is 11.3. The minimum absolute atomic E-state index is 0.0225. The molecule has 9 nitrogen and oxygen atoms in total. The van der Waals surface area contributed by atoms with Crippen molar-refractivity contribution in [1.82, 2.24) is 29.7 Å². The first-order valence-corrected chi connectivity index (χ1v) is 11.3. The molecule has 1 aromatic carbocycles. The Bertz CT molecular complexity index is 1330. The van der Waals surface area contributed by atoms with Crippen LogP contribution in [-0.4, -0.2) is 68.9 Å². The van der Waals surface area contributed by atoms with Crippen molar-refractivity contribution >= 4 is 17.0 Å². The molecule has 4 heterocycles. The number of pyridine rings is 1. The molecule has 34 heavy (non-hydrogen) atoms. The van der Waals surface area contributed by atoms with Crippen LogP contribution in [0.25, 0.3) is 22.4 Å². The maximum Gasteiger partial charge on any atom is 0.259 e. The van der Waals surface area contributed by atoms with Crippen molar-refractivity contribution in [3.05, 3.63) is 59.0 Å². The summed E-state index contributed by atoms with van der Waals surface area (Å²) in [5.74, 6) is 0.738. The predicted molar refractivity (Wildman–Crippen MR) is 128 cm³/mol. The van der Waals surface area contributed by atoms with E-state index in [9.17, 15) is 4.79 Å². The van der Waals surface area contributed by atoms with E-state index in [4.69, 9.17) is 9.26 Å². The Morgan fingerprint density at radius 1 is 1.09 bits per heavy atom. The molecule has 0 bridgehead atoms. The zero-order valence-corrected chi connectivity index (χ0v) is 19.9. The van der Waals surface area contributed by atoms with Gasteiger partial charge in [0.05, 0.1) is 35.1 Å². The van der Waals surface area contributed by atoms with Gasteiger partial charge in [-0.25, -0.2) is 4.98 Å². The molecule has 1 aliphatic heterocycles. The number of ether oxygens (including phenoxy) is 1. The second-order valence-corrected chi connectivity index (χ2v) is 8.71. The summed E-state index contributed by atoms with van der Waals surface area (Å²) in [4.78, 5) is 22.5. The second kappa shape index (κ2) is 8.90. The topological polar surface area (TPSA) is 89.5 Å². The van der Waals surface area contributed by atoms with Gasteiger partial charge < -0.3 is 14.2 Å². The number of carbonyl (C=O) groups excluding carboxylic acids is 1. The van der Waals surface area contributed by atoms with Crippen molar-refractivity contribution in [2.24, 2.45) is 7.05 Å². The van der Waals surface area contributed by atoms with Gasteiger partial charge in [-0.15, -0.1) is 0 Å². The van der Waals surface area contributed by atoms with E-state index in [0.29, 0.717) is 41.1 Å². The third kappa shape index (κ3) is 4.14. The maximum atomic E-state index is 13.6. The molecule has 4 aromatic rings. The lowest BCUT2D eigenvalue weighted by atomic mass is 10.0. The Hall–Kier alpha value is -3.72. The van der Waals surface area contributed by atoms with Crippen LogP contribution in [0.5, 0.6) is 5.75 Å². The number of methoxy groups -OCH3 is 1. The van der Waals surface area contributed by atoms with Crippen LogP contribution in [0.15, 0.2) is 41.1 Å². The molecule has 0 saturated carbocycles. The fourth-order valence-electron chi connectivity index (χ4n) is 4.50. The normalized spacial score (nSPS) is 14.6. The van der Waals surface area contributed by atoms with Crippen molar-refractivity contribution in [2.75, 3.05) is 33.3 Å². The molecule has 9 heteroatoms. The minimum atomic E-state index is -0.0225. The van der Waals surface area contributed by atoms with Gasteiger partial charge in [0, 0.05) is 57.1 Å². The molecule has 0 spiro atoms. The Labute approximate surface area is 197 Å². The number of fused-ring (bicyclic) bond motifs is 1. The molecule has 5 rings (SSSR count). The average molecular weight is 461 g/mol. The van der Waals surface area contributed by atoms with Gasteiger partial charge in [-0.05, 0) is 44.2 Å². The van der Waals surface area contributed by atoms with E-state index in [2.05, 4.69) is 26.3 Å². The van der Waals surface area contributed by atoms with E-state index in [1.165, 1.54) is 5.56 Å². The number of carbonyl (C=O) groups is 1. The van der Waals surface area contributed by atoms with Crippen molar-refractivity contribution in [3.63, 3.8) is 0 Å². The summed E-state index contributed by atoms with van der Waals surface area (Å²) in [6, 6.07) is 9.43. The molecule has 0 radical (unpaired) electrons. The summed E-state index contributed by atoms with van der Waals surface area (Å²) in [6.07, 6.45) is 2.07. The highest BCUT2D eigenvalue weighted by Crippen LogP contribution is 2.29. The monoisotopic (exact) mass is 460 g/mol. The molecular formula is C25H28N6O3. The smallest absolute Gasteiger partial charge is 0.259 e. The maximum absolute atomic E-state index is 13.6. The van der Waals surface area contributed by atoms with Gasteiger partial charge in [-0.3, -0.25) is 14.4 Å². The molecule has 176 valence electrons. The minimum Gasteiger partial charge on any atom is -0.497 e. The van der Waals surface area contributed by atoms with Crippen LogP contribution in [-0.2, 0) is 13.6 Å². The Morgan fingerprint density at radius 2 is 1.82 bits per heavy atom. The van der Waals surface area contributed by atoms with E-state index < -0.39 is 0 Å². The Kier molecular flexibility index (Phi) is 5.79. The van der Waals surface area contributed by atoms with Crippen molar-refractivity contribution in [3.8, 4) is 17.0 Å². The SMILES string of the molecule is COc1ccc(-c2cc(C(=O)N3CCN(Cc4cn(C)nc4C)CC3)c3c(C)noc3n2)cc1. The molecular weight excluding hydrogens is 432 g/mol. The van der Waals surface area contributed by atoms with Gasteiger partial charge in [-0.2, -0.15) is 5.10 Å². The zero-order chi connectivity index (χ0) is 23.8. The highest BCUT2D eigenvalue weighted by molar-refractivity contribution is 6.07. The lowest BCUT2D eigenvalue weighted by Crippen LogP contribution is -2.48. The lowest BCUT2D eigenvalue weighted by molar-refractivity contribution is 0.0630. The fourth-order valence-corrected chi connectivity index (χ4v) is 4.50. The molecule has 1 aliphatic rings. The molecule has 1 fully saturated rings. The van der Waals surface area contributed by atoms with E-state index >= 15 is 0 Å². The molecule has 0 N–H and O–H groups in total. The van der Waals surface area contributed by atoms with Crippen LogP contribution in [0, 0.1) is 13.8 Å². The average Bonchev–Trinajstić information content (AvgIpc) is 3.39. The Morgan fingerprint density at radius 3 is 2.47 bits per heavy atom. The summed E-state index contributed by atoms with van der Waals surface area (Å²) in [6.45, 7) is 7.64. The third-order valence-electron chi connectivity index (χ3n) is 6.40. The largest absolute Gasteiger partial charge is 0.497 e. The fraction of sp³-hybridized carbons (Fsp3) is 0.360. The highest BCUT2D eigenvalue weighted by Gasteiger charge is 2.27. The number of piperazine rings is 1. The van der Waals surface area contributed by atoms with E-state index in [1.807, 2.05) is 60.8 Å². The summed E-state index contributed by atoms with van der Waals surface area (Å²) >= 11 is 0. The number of aryl methyl sites for hydroxylation is 3. The molecule has 1 saturated heterocycles. The van der Waals surface area contributed by atoms with Crippen LogP contribution in [0.1, 0.15) is 27.3 Å². The van der Waals surface area contributed by atoms with E-state index in [0.717, 1.165) is 36.6 Å². The van der Waals surface area contributed by atoms with Gasteiger partial charge in [0.25, 0.3) is 11.6 Å². The van der Waals surface area contributed by atoms with Gasteiger partial charge in [0.15, 0.2) is 0 Å². The van der Waals surface area contributed by atoms with Crippen LogP contribution in [0.3, 0.4) is 0 Å². The molecule has 0 atom stereocenters. The standard InChI is InChI=1S/C25H28N6O3/c1-16-19(14-29(3)27-16)15-30-9-11-31(12-10-30)25(32)21-13-22(18-5-7-20(33-4)8-6-18)26-24-23(21)17(2)28-34-24/h5-8,13-14H,9-12,15H2,1-4H3. The van der Waals surface area contributed by atoms with Gasteiger partial charge in [0.1, 0.15) is 5.75 Å². The van der Waals surface area contributed by atoms with Crippen LogP contribution >= 0.6 is 0 Å². The molecule has 3 aromatic heterocycles. The summed E-state index contributed by atoms with van der Waals surface area (Å²) < 4.78 is 12.6. The summed E-state index contributed by atoms with van der Waals surface area (Å²) in [7, 11) is 3.57. The van der Waals surface area contributed by atoms with Crippen LogP contribution in [0.2, 0.25) is 0 Å². The number of hydrogen-bond donors (Lipinski definition) is 0. The first kappa shape index (κ1) is 22.1. The van der Waals surface area contributed by atoms with Crippen LogP contribution < -0.4 is 4.74 Å². The Balaban J connectivity index is 1.38. The summed E-state index contributed by atoms with van der Waals surface area (Å²) in [5.41, 5.74) is 5.43. The van der Waals surface area contributed by atoms with E-state index in [-0.39, 0.29) is 5.91 Å². The van der Waals surface area contributed by atoms with Gasteiger partial charge >= 0.3 is 0 Å². The predicted octanol–water partition coefficient (Wildman–Crippen LogP) is 3.21. The first-order chi connectivity index (χ1) is 16.4. The van der Waals surface area contributed by atoms with Crippen molar-refractivity contribution in [2.45, 2.75) is 20.4 Å². The van der Waals surface area contributed by atoms with Gasteiger partial charge in [0.2, 0.25) is 0 Å². The quantitative estimate of drug-likeness (QED) is 0.452. The number of benzene rings is 1. The van der Waals surface area contributed by atoms with Crippen molar-refractivity contribution < 1.29 is 14.1 Å². The molecule has 1 amide bonds. The van der Waals surface area contributed by atoms with Crippen molar-refractivity contribution in [1.29, 1.82) is 0 Å². The second-order valence-electron chi connectivity index (χ2n) is 8.71. The third-order valence-corrected chi connectivity index (χ3v) is 6.40. The number of amides is 1. The van der Waals surface area contributed by atoms with E-state index in [1.54, 1.807) is 7.11 Å². The number of nitrogens with zero attached hydrogens (tertiary/aromatic N) is 6.